The smallest absolute Gasteiger partial charge is 0.213 e. The van der Waals surface area contributed by atoms with Crippen molar-refractivity contribution < 1.29 is 9.47 Å². The number of methoxy groups -OCH3 is 1. The number of rotatable bonds is 4. The Morgan fingerprint density at radius 3 is 3.05 bits per heavy atom. The van der Waals surface area contributed by atoms with Crippen molar-refractivity contribution in [3.63, 3.8) is 0 Å². The van der Waals surface area contributed by atoms with E-state index in [1.807, 2.05) is 18.2 Å². The largest absolute Gasteiger partial charge is 0.481 e. The molecule has 1 aromatic rings. The number of ether oxygens (including phenoxy) is 2. The first-order chi connectivity index (χ1) is 10.3. The van der Waals surface area contributed by atoms with Gasteiger partial charge in [0.05, 0.1) is 37.6 Å². The first kappa shape index (κ1) is 14.1. The third-order valence-corrected chi connectivity index (χ3v) is 4.08. The second kappa shape index (κ2) is 6.30. The van der Waals surface area contributed by atoms with E-state index in [2.05, 4.69) is 20.6 Å². The summed E-state index contributed by atoms with van der Waals surface area (Å²) in [6, 6.07) is 6.10. The summed E-state index contributed by atoms with van der Waals surface area (Å²) in [7, 11) is 3.40. The average Bonchev–Trinajstić information content (AvgIpc) is 3.14. The summed E-state index contributed by atoms with van der Waals surface area (Å²) in [5.74, 6) is 1.42. The molecule has 3 rings (SSSR count). The normalized spacial score (nSPS) is 27.7. The summed E-state index contributed by atoms with van der Waals surface area (Å²) in [6.07, 6.45) is 4.19. The summed E-state index contributed by atoms with van der Waals surface area (Å²) in [5.41, 5.74) is 0.918. The standard InChI is InChI=1S/C15H22N4O2/c1-16-15(19-12-8-11-6-7-13(12)21-11)17-9-10-4-3-5-14(18-10)20-2/h3-5,11-13H,6-9H2,1-2H3,(H2,16,17,19). The first-order valence-electron chi connectivity index (χ1n) is 7.41. The van der Waals surface area contributed by atoms with E-state index in [4.69, 9.17) is 9.47 Å². The number of aromatic nitrogens is 1. The molecule has 21 heavy (non-hydrogen) atoms. The van der Waals surface area contributed by atoms with Gasteiger partial charge in [-0.05, 0) is 25.3 Å². The Bertz CT molecular complexity index is 520. The van der Waals surface area contributed by atoms with Gasteiger partial charge in [-0.25, -0.2) is 4.98 Å². The van der Waals surface area contributed by atoms with Crippen LogP contribution in [0.5, 0.6) is 5.88 Å². The average molecular weight is 290 g/mol. The van der Waals surface area contributed by atoms with Crippen molar-refractivity contribution in [1.29, 1.82) is 0 Å². The molecule has 6 nitrogen and oxygen atoms in total. The highest BCUT2D eigenvalue weighted by Crippen LogP contribution is 2.34. The molecule has 0 amide bonds. The van der Waals surface area contributed by atoms with Crippen LogP contribution in [0.25, 0.3) is 0 Å². The molecule has 0 spiro atoms. The van der Waals surface area contributed by atoms with E-state index in [1.165, 1.54) is 6.42 Å². The lowest BCUT2D eigenvalue weighted by molar-refractivity contribution is 0.0992. The molecule has 2 aliphatic heterocycles. The summed E-state index contributed by atoms with van der Waals surface area (Å²) in [6.45, 7) is 0.610. The van der Waals surface area contributed by atoms with Gasteiger partial charge < -0.3 is 20.1 Å². The zero-order valence-corrected chi connectivity index (χ0v) is 12.5. The van der Waals surface area contributed by atoms with E-state index >= 15 is 0 Å². The molecule has 2 fully saturated rings. The molecule has 114 valence electrons. The molecule has 3 heterocycles. The van der Waals surface area contributed by atoms with E-state index in [1.54, 1.807) is 14.2 Å². The van der Waals surface area contributed by atoms with Gasteiger partial charge in [-0.15, -0.1) is 0 Å². The van der Waals surface area contributed by atoms with Gasteiger partial charge in [0.25, 0.3) is 0 Å². The predicted molar refractivity (Wildman–Crippen MR) is 80.4 cm³/mol. The molecular formula is C15H22N4O2. The van der Waals surface area contributed by atoms with Crippen LogP contribution in [0.3, 0.4) is 0 Å². The number of pyridine rings is 1. The predicted octanol–water partition coefficient (Wildman–Crippen LogP) is 1.08. The summed E-state index contributed by atoms with van der Waals surface area (Å²) in [5, 5.41) is 6.74. The molecule has 0 aromatic carbocycles. The minimum Gasteiger partial charge on any atom is -0.481 e. The number of hydrogen-bond donors (Lipinski definition) is 2. The van der Waals surface area contributed by atoms with Gasteiger partial charge in [0.2, 0.25) is 5.88 Å². The molecule has 3 atom stereocenters. The Hall–Kier alpha value is -1.82. The lowest BCUT2D eigenvalue weighted by atomic mass is 9.96. The van der Waals surface area contributed by atoms with Gasteiger partial charge in [-0.3, -0.25) is 4.99 Å². The minimum atomic E-state index is 0.337. The quantitative estimate of drug-likeness (QED) is 0.641. The van der Waals surface area contributed by atoms with Gasteiger partial charge in [0.1, 0.15) is 0 Å². The molecule has 0 aliphatic carbocycles. The Balaban J connectivity index is 1.53. The minimum absolute atomic E-state index is 0.337. The second-order valence-corrected chi connectivity index (χ2v) is 5.46. The van der Waals surface area contributed by atoms with Gasteiger partial charge in [0, 0.05) is 13.1 Å². The Labute approximate surface area is 125 Å². The third-order valence-electron chi connectivity index (χ3n) is 4.08. The molecule has 3 unspecified atom stereocenters. The number of hydrogen-bond acceptors (Lipinski definition) is 4. The number of nitrogens with one attached hydrogen (secondary N) is 2. The van der Waals surface area contributed by atoms with E-state index < -0.39 is 0 Å². The topological polar surface area (TPSA) is 67.8 Å². The van der Waals surface area contributed by atoms with Gasteiger partial charge >= 0.3 is 0 Å². The Morgan fingerprint density at radius 2 is 2.38 bits per heavy atom. The lowest BCUT2D eigenvalue weighted by Gasteiger charge is -2.22. The molecule has 2 aliphatic rings. The van der Waals surface area contributed by atoms with Crippen LogP contribution in [0.4, 0.5) is 0 Å². The number of fused-ring (bicyclic) bond motifs is 2. The van der Waals surface area contributed by atoms with Crippen molar-refractivity contribution in [3.05, 3.63) is 23.9 Å². The first-order valence-corrected chi connectivity index (χ1v) is 7.41. The maximum absolute atomic E-state index is 5.85. The van der Waals surface area contributed by atoms with Crippen molar-refractivity contribution in [2.24, 2.45) is 4.99 Å². The third kappa shape index (κ3) is 3.26. The molecule has 2 N–H and O–H groups in total. The van der Waals surface area contributed by atoms with E-state index in [9.17, 15) is 0 Å². The summed E-state index contributed by atoms with van der Waals surface area (Å²) in [4.78, 5) is 8.65. The molecule has 2 bridgehead atoms. The molecule has 0 saturated carbocycles. The maximum atomic E-state index is 5.85. The Morgan fingerprint density at radius 1 is 1.48 bits per heavy atom. The number of nitrogens with zero attached hydrogens (tertiary/aromatic N) is 2. The fourth-order valence-electron chi connectivity index (χ4n) is 3.00. The van der Waals surface area contributed by atoms with Crippen molar-refractivity contribution in [3.8, 4) is 5.88 Å². The summed E-state index contributed by atoms with van der Waals surface area (Å²) >= 11 is 0. The van der Waals surface area contributed by atoms with Crippen LogP contribution >= 0.6 is 0 Å². The monoisotopic (exact) mass is 290 g/mol. The zero-order valence-electron chi connectivity index (χ0n) is 12.5. The van der Waals surface area contributed by atoms with Crippen LogP contribution in [0.2, 0.25) is 0 Å². The highest BCUT2D eigenvalue weighted by molar-refractivity contribution is 5.80. The van der Waals surface area contributed by atoms with Crippen LogP contribution in [-0.2, 0) is 11.3 Å². The number of aliphatic imine (C=N–C) groups is 1. The van der Waals surface area contributed by atoms with Gasteiger partial charge in [0.15, 0.2) is 5.96 Å². The molecular weight excluding hydrogens is 268 g/mol. The highest BCUT2D eigenvalue weighted by Gasteiger charge is 2.41. The number of guanidine groups is 1. The molecule has 0 radical (unpaired) electrons. The van der Waals surface area contributed by atoms with Crippen LogP contribution in [0.1, 0.15) is 25.0 Å². The van der Waals surface area contributed by atoms with Gasteiger partial charge in [-0.1, -0.05) is 6.07 Å². The van der Waals surface area contributed by atoms with Crippen LogP contribution in [-0.4, -0.2) is 43.4 Å². The van der Waals surface area contributed by atoms with Gasteiger partial charge in [-0.2, -0.15) is 0 Å². The Kier molecular flexibility index (Phi) is 4.24. The van der Waals surface area contributed by atoms with Crippen molar-refractivity contribution in [2.45, 2.75) is 44.1 Å². The lowest BCUT2D eigenvalue weighted by Crippen LogP contribution is -2.47. The van der Waals surface area contributed by atoms with E-state index in [0.717, 1.165) is 24.5 Å². The second-order valence-electron chi connectivity index (χ2n) is 5.46. The zero-order chi connectivity index (χ0) is 14.7. The SMILES string of the molecule is CN=C(NCc1cccc(OC)n1)NC1CC2CCC1O2. The highest BCUT2D eigenvalue weighted by atomic mass is 16.5. The van der Waals surface area contributed by atoms with Crippen molar-refractivity contribution >= 4 is 5.96 Å². The molecule has 2 saturated heterocycles. The van der Waals surface area contributed by atoms with Crippen molar-refractivity contribution in [1.82, 2.24) is 15.6 Å². The molecule has 6 heteroatoms. The summed E-state index contributed by atoms with van der Waals surface area (Å²) < 4.78 is 11.0. The van der Waals surface area contributed by atoms with Crippen LogP contribution < -0.4 is 15.4 Å². The fourth-order valence-corrected chi connectivity index (χ4v) is 3.00. The molecule has 1 aromatic heterocycles. The maximum Gasteiger partial charge on any atom is 0.213 e. The van der Waals surface area contributed by atoms with Crippen molar-refractivity contribution in [2.75, 3.05) is 14.2 Å². The van der Waals surface area contributed by atoms with E-state index in [0.29, 0.717) is 30.7 Å². The van der Waals surface area contributed by atoms with Crippen LogP contribution in [0.15, 0.2) is 23.2 Å². The fraction of sp³-hybridized carbons (Fsp3) is 0.600. The van der Waals surface area contributed by atoms with Crippen LogP contribution in [0, 0.1) is 0 Å². The van der Waals surface area contributed by atoms with E-state index in [-0.39, 0.29) is 0 Å².